The van der Waals surface area contributed by atoms with Crippen LogP contribution in [-0.2, 0) is 6.61 Å². The van der Waals surface area contributed by atoms with Crippen molar-refractivity contribution < 1.29 is 9.66 Å². The van der Waals surface area contributed by atoms with E-state index in [1.54, 1.807) is 16.5 Å². The number of nitrogens with zero attached hydrogens (tertiary/aromatic N) is 3. The molecule has 5 aromatic rings. The smallest absolute Gasteiger partial charge is 0.274 e. The maximum Gasteiger partial charge on any atom is 0.274 e. The van der Waals surface area contributed by atoms with E-state index in [-0.39, 0.29) is 17.9 Å². The lowest BCUT2D eigenvalue weighted by molar-refractivity contribution is -0.384. The summed E-state index contributed by atoms with van der Waals surface area (Å²) in [6.07, 6.45) is 1.85. The number of hydrogen-bond donors (Lipinski definition) is 0. The van der Waals surface area contributed by atoms with Crippen LogP contribution in [-0.4, -0.2) is 14.3 Å². The molecule has 9 heteroatoms. The van der Waals surface area contributed by atoms with E-state index in [1.807, 2.05) is 50.3 Å². The number of hydrogen-bond acceptors (Lipinski definition) is 6. The van der Waals surface area contributed by atoms with Gasteiger partial charge in [-0.15, -0.1) is 0 Å². The molecule has 5 rings (SSSR count). The third-order valence-electron chi connectivity index (χ3n) is 5.65. The second-order valence-corrected chi connectivity index (χ2v) is 9.84. The van der Waals surface area contributed by atoms with Gasteiger partial charge in [-0.1, -0.05) is 17.4 Å². The Hall–Kier alpha value is -3.56. The van der Waals surface area contributed by atoms with Gasteiger partial charge in [-0.05, 0) is 94.5 Å². The molecule has 0 spiro atoms. The fraction of sp³-hybridized carbons (Fsp3) is 0.120. The first-order valence-electron chi connectivity index (χ1n) is 10.4. The normalized spacial score (nSPS) is 12.0. The number of fused-ring (bicyclic) bond motifs is 3. The van der Waals surface area contributed by atoms with Gasteiger partial charge in [0.25, 0.3) is 11.2 Å². The van der Waals surface area contributed by atoms with Crippen LogP contribution in [0.15, 0.2) is 63.9 Å². The van der Waals surface area contributed by atoms with Crippen molar-refractivity contribution in [2.75, 3.05) is 0 Å². The number of nitro benzene ring substituents is 1. The fourth-order valence-electron chi connectivity index (χ4n) is 3.67. The van der Waals surface area contributed by atoms with Crippen molar-refractivity contribution >= 4 is 55.0 Å². The highest BCUT2D eigenvalue weighted by Gasteiger charge is 2.13. The predicted molar refractivity (Wildman–Crippen MR) is 137 cm³/mol. The summed E-state index contributed by atoms with van der Waals surface area (Å²) in [7, 11) is 0. The predicted octanol–water partition coefficient (Wildman–Crippen LogP) is 5.32. The van der Waals surface area contributed by atoms with Crippen LogP contribution in [0.4, 0.5) is 5.69 Å². The van der Waals surface area contributed by atoms with Gasteiger partial charge < -0.3 is 4.74 Å². The molecule has 2 heterocycles. The van der Waals surface area contributed by atoms with Crippen molar-refractivity contribution in [3.8, 4) is 5.75 Å². The van der Waals surface area contributed by atoms with E-state index in [2.05, 4.69) is 20.9 Å². The van der Waals surface area contributed by atoms with Gasteiger partial charge in [0.1, 0.15) is 12.4 Å². The number of non-ortho nitro benzene ring substituents is 1. The maximum atomic E-state index is 13.1. The van der Waals surface area contributed by atoms with E-state index < -0.39 is 4.92 Å². The zero-order valence-electron chi connectivity index (χ0n) is 18.2. The molecule has 170 valence electrons. The largest absolute Gasteiger partial charge is 0.488 e. The minimum Gasteiger partial charge on any atom is -0.488 e. The van der Waals surface area contributed by atoms with Crippen molar-refractivity contribution in [1.29, 1.82) is 0 Å². The first-order valence-corrected chi connectivity index (χ1v) is 12.0. The summed E-state index contributed by atoms with van der Waals surface area (Å²) >= 11 is 4.90. The van der Waals surface area contributed by atoms with Crippen LogP contribution in [0.5, 0.6) is 5.75 Å². The minimum absolute atomic E-state index is 0.0433. The van der Waals surface area contributed by atoms with Crippen LogP contribution >= 0.6 is 27.3 Å². The number of rotatable bonds is 5. The molecular formula is C25H18BrN3O4S. The van der Waals surface area contributed by atoms with Crippen LogP contribution in [0, 0.1) is 24.0 Å². The zero-order chi connectivity index (χ0) is 24.0. The van der Waals surface area contributed by atoms with E-state index in [9.17, 15) is 14.9 Å². The number of aromatic nitrogens is 2. The minimum atomic E-state index is -0.431. The van der Waals surface area contributed by atoms with Gasteiger partial charge >= 0.3 is 0 Å². The van der Waals surface area contributed by atoms with Crippen LogP contribution in [0.1, 0.15) is 22.3 Å². The Morgan fingerprint density at radius 1 is 1.12 bits per heavy atom. The molecule has 0 saturated carbocycles. The molecule has 0 saturated heterocycles. The van der Waals surface area contributed by atoms with Crippen molar-refractivity contribution in [1.82, 2.24) is 9.38 Å². The molecule has 0 N–H and O–H groups in total. The number of nitro groups is 1. The summed E-state index contributed by atoms with van der Waals surface area (Å²) in [4.78, 5) is 28.8. The lowest BCUT2D eigenvalue weighted by Crippen LogP contribution is -2.22. The van der Waals surface area contributed by atoms with E-state index in [0.717, 1.165) is 37.8 Å². The van der Waals surface area contributed by atoms with Crippen LogP contribution in [0.25, 0.3) is 22.1 Å². The highest BCUT2D eigenvalue weighted by atomic mass is 79.9. The van der Waals surface area contributed by atoms with Gasteiger partial charge in [0, 0.05) is 12.1 Å². The van der Waals surface area contributed by atoms with Gasteiger partial charge in [0.05, 0.1) is 25.0 Å². The van der Waals surface area contributed by atoms with Crippen molar-refractivity contribution in [2.24, 2.45) is 0 Å². The standard InChI is InChI=1S/C25H18BrN3O4S/c1-14-9-20-21(10-15(14)2)28-24(30)23(34-25(28)27-20)12-17-5-8-22(19(26)11-17)33-13-16-3-6-18(7-4-16)29(31)32/h3-12H,13H2,1-2H3/b23-12-. The average Bonchev–Trinajstić information content (AvgIpc) is 3.29. The number of ether oxygens (including phenoxy) is 1. The number of halogens is 1. The van der Waals surface area contributed by atoms with Crippen molar-refractivity contribution in [3.05, 3.63) is 106 Å². The van der Waals surface area contributed by atoms with Crippen LogP contribution in [0.3, 0.4) is 0 Å². The third-order valence-corrected chi connectivity index (χ3v) is 7.24. The van der Waals surface area contributed by atoms with Crippen LogP contribution < -0.4 is 14.8 Å². The molecule has 0 aliphatic carbocycles. The molecule has 0 bridgehead atoms. The molecule has 0 unspecified atom stereocenters. The number of thiazole rings is 1. The highest BCUT2D eigenvalue weighted by Crippen LogP contribution is 2.27. The van der Waals surface area contributed by atoms with Crippen molar-refractivity contribution in [2.45, 2.75) is 20.5 Å². The molecule has 2 aromatic heterocycles. The summed E-state index contributed by atoms with van der Waals surface area (Å²) < 4.78 is 8.88. The van der Waals surface area contributed by atoms with Gasteiger partial charge in [-0.3, -0.25) is 14.9 Å². The van der Waals surface area contributed by atoms with E-state index in [4.69, 9.17) is 4.74 Å². The van der Waals surface area contributed by atoms with Gasteiger partial charge in [-0.25, -0.2) is 9.38 Å². The summed E-state index contributed by atoms with van der Waals surface area (Å²) in [6.45, 7) is 4.34. The molecular weight excluding hydrogens is 518 g/mol. The SMILES string of the molecule is Cc1cc2nc3s/c(=C\c4ccc(OCc5ccc([N+](=O)[O-])cc5)c(Br)c4)c(=O)n3c2cc1C. The third kappa shape index (κ3) is 4.08. The molecule has 0 amide bonds. The Morgan fingerprint density at radius 3 is 2.56 bits per heavy atom. The number of imidazole rings is 1. The molecule has 7 nitrogen and oxygen atoms in total. The molecule has 0 fully saturated rings. The number of aryl methyl sites for hydroxylation is 2. The lowest BCUT2D eigenvalue weighted by atomic mass is 10.1. The quantitative estimate of drug-likeness (QED) is 0.224. The Labute approximate surface area is 206 Å². The Bertz CT molecular complexity index is 1690. The van der Waals surface area contributed by atoms with Crippen molar-refractivity contribution in [3.63, 3.8) is 0 Å². The highest BCUT2D eigenvalue weighted by molar-refractivity contribution is 9.10. The van der Waals surface area contributed by atoms with E-state index in [0.29, 0.717) is 15.2 Å². The monoisotopic (exact) mass is 535 g/mol. The fourth-order valence-corrected chi connectivity index (χ4v) is 5.17. The van der Waals surface area contributed by atoms with E-state index in [1.165, 1.54) is 23.5 Å². The molecule has 0 aliphatic heterocycles. The average molecular weight is 536 g/mol. The Morgan fingerprint density at radius 2 is 1.85 bits per heavy atom. The first-order chi connectivity index (χ1) is 16.3. The topological polar surface area (TPSA) is 86.7 Å². The molecule has 3 aromatic carbocycles. The summed E-state index contributed by atoms with van der Waals surface area (Å²) in [5.74, 6) is 0.635. The summed E-state index contributed by atoms with van der Waals surface area (Å²) in [6, 6.07) is 15.9. The molecule has 0 aliphatic rings. The van der Waals surface area contributed by atoms with E-state index >= 15 is 0 Å². The molecule has 0 radical (unpaired) electrons. The second kappa shape index (κ2) is 8.66. The Balaban J connectivity index is 1.41. The maximum absolute atomic E-state index is 13.1. The molecule has 34 heavy (non-hydrogen) atoms. The first kappa shape index (κ1) is 22.2. The molecule has 0 atom stereocenters. The zero-order valence-corrected chi connectivity index (χ0v) is 20.6. The van der Waals surface area contributed by atoms with Gasteiger partial charge in [0.2, 0.25) is 0 Å². The Kier molecular flexibility index (Phi) is 5.66. The lowest BCUT2D eigenvalue weighted by Gasteiger charge is -2.09. The van der Waals surface area contributed by atoms with Gasteiger partial charge in [0.15, 0.2) is 4.96 Å². The van der Waals surface area contributed by atoms with Gasteiger partial charge in [-0.2, -0.15) is 0 Å². The second-order valence-electron chi connectivity index (χ2n) is 7.97. The van der Waals surface area contributed by atoms with Crippen LogP contribution in [0.2, 0.25) is 0 Å². The number of benzene rings is 3. The summed E-state index contributed by atoms with van der Waals surface area (Å²) in [5, 5.41) is 10.8. The summed E-state index contributed by atoms with van der Waals surface area (Å²) in [5.41, 5.74) is 5.57.